The minimum Gasteiger partial charge on any atom is -0.537 e. The standard InChI is InChI=1S/C9H8BO2/c11-10-12-9-5-4-7-2-1-3-8(7)6-9/h1,3-6,11H,2H2. The molecular formula is C9H8BO2. The fraction of sp³-hybridized carbons (Fsp3) is 0.111. The summed E-state index contributed by atoms with van der Waals surface area (Å²) < 4.78 is 4.83. The van der Waals surface area contributed by atoms with Gasteiger partial charge >= 0.3 is 7.69 Å². The zero-order valence-electron chi connectivity index (χ0n) is 6.53. The van der Waals surface area contributed by atoms with E-state index >= 15 is 0 Å². The van der Waals surface area contributed by atoms with E-state index in [4.69, 9.17) is 9.68 Å². The maximum absolute atomic E-state index is 8.40. The number of hydrogen-bond donors (Lipinski definition) is 1. The highest BCUT2D eigenvalue weighted by Gasteiger charge is 2.05. The van der Waals surface area contributed by atoms with E-state index in [9.17, 15) is 0 Å². The predicted octanol–water partition coefficient (Wildman–Crippen LogP) is 1.16. The molecule has 0 unspecified atom stereocenters. The van der Waals surface area contributed by atoms with Crippen molar-refractivity contribution < 1.29 is 9.68 Å². The first kappa shape index (κ1) is 7.43. The van der Waals surface area contributed by atoms with Gasteiger partial charge in [0.1, 0.15) is 5.75 Å². The van der Waals surface area contributed by atoms with Crippen LogP contribution in [0.4, 0.5) is 0 Å². The molecular weight excluding hydrogens is 151 g/mol. The number of fused-ring (bicyclic) bond motifs is 1. The minimum absolute atomic E-state index is 0.669. The maximum Gasteiger partial charge on any atom is 0.569 e. The second-order valence-corrected chi connectivity index (χ2v) is 2.69. The lowest BCUT2D eigenvalue weighted by Gasteiger charge is -2.03. The molecule has 1 aliphatic carbocycles. The van der Waals surface area contributed by atoms with Crippen molar-refractivity contribution in [1.82, 2.24) is 0 Å². The quantitative estimate of drug-likeness (QED) is 0.656. The largest absolute Gasteiger partial charge is 0.569 e. The van der Waals surface area contributed by atoms with Crippen molar-refractivity contribution in [3.05, 3.63) is 35.4 Å². The van der Waals surface area contributed by atoms with Crippen molar-refractivity contribution in [3.8, 4) is 5.75 Å². The maximum atomic E-state index is 8.40. The van der Waals surface area contributed by atoms with E-state index in [-0.39, 0.29) is 0 Å². The molecule has 0 bridgehead atoms. The van der Waals surface area contributed by atoms with Crippen LogP contribution in [0.15, 0.2) is 24.3 Å². The summed E-state index contributed by atoms with van der Waals surface area (Å²) in [6.07, 6.45) is 5.16. The molecule has 0 heterocycles. The average molecular weight is 159 g/mol. The Labute approximate surface area is 71.8 Å². The van der Waals surface area contributed by atoms with Gasteiger partial charge in [-0.05, 0) is 29.7 Å². The van der Waals surface area contributed by atoms with Crippen molar-refractivity contribution in [2.24, 2.45) is 0 Å². The summed E-state index contributed by atoms with van der Waals surface area (Å²) in [4.78, 5) is 0. The summed E-state index contributed by atoms with van der Waals surface area (Å²) >= 11 is 0. The van der Waals surface area contributed by atoms with E-state index in [2.05, 4.69) is 12.2 Å². The second kappa shape index (κ2) is 3.03. The van der Waals surface area contributed by atoms with Crippen LogP contribution in [0.5, 0.6) is 5.75 Å². The molecule has 1 N–H and O–H groups in total. The second-order valence-electron chi connectivity index (χ2n) is 2.69. The van der Waals surface area contributed by atoms with Gasteiger partial charge in [-0.25, -0.2) is 0 Å². The summed E-state index contributed by atoms with van der Waals surface area (Å²) in [7, 11) is 0.695. The third-order valence-corrected chi connectivity index (χ3v) is 1.94. The van der Waals surface area contributed by atoms with Gasteiger partial charge in [0.15, 0.2) is 0 Å². The van der Waals surface area contributed by atoms with Gasteiger partial charge in [-0.3, -0.25) is 0 Å². The van der Waals surface area contributed by atoms with Gasteiger partial charge in [-0.2, -0.15) is 0 Å². The van der Waals surface area contributed by atoms with Crippen molar-refractivity contribution in [2.75, 3.05) is 0 Å². The van der Waals surface area contributed by atoms with E-state index < -0.39 is 0 Å². The molecule has 0 atom stereocenters. The van der Waals surface area contributed by atoms with Crippen LogP contribution in [0.2, 0.25) is 0 Å². The SMILES string of the molecule is O[B]Oc1ccc2c(c1)C=CC2. The van der Waals surface area contributed by atoms with E-state index in [0.717, 1.165) is 6.42 Å². The van der Waals surface area contributed by atoms with E-state index in [1.807, 2.05) is 18.2 Å². The summed E-state index contributed by atoms with van der Waals surface area (Å²) in [6.45, 7) is 0. The molecule has 1 aromatic rings. The first-order valence-electron chi connectivity index (χ1n) is 3.82. The molecule has 0 aliphatic heterocycles. The highest BCUT2D eigenvalue weighted by atomic mass is 16.5. The molecule has 0 spiro atoms. The Morgan fingerprint density at radius 2 is 2.33 bits per heavy atom. The van der Waals surface area contributed by atoms with Gasteiger partial charge in [0, 0.05) is 0 Å². The number of benzene rings is 1. The van der Waals surface area contributed by atoms with Gasteiger partial charge < -0.3 is 9.68 Å². The summed E-state index contributed by atoms with van der Waals surface area (Å²) in [5.41, 5.74) is 2.48. The molecule has 1 aliphatic rings. The zero-order valence-corrected chi connectivity index (χ0v) is 6.53. The lowest BCUT2D eigenvalue weighted by molar-refractivity contribution is 0.453. The molecule has 0 saturated carbocycles. The highest BCUT2D eigenvalue weighted by Crippen LogP contribution is 2.23. The Kier molecular flexibility index (Phi) is 1.88. The number of hydrogen-bond acceptors (Lipinski definition) is 2. The molecule has 59 valence electrons. The lowest BCUT2D eigenvalue weighted by atomic mass is 10.1. The molecule has 2 rings (SSSR count). The van der Waals surface area contributed by atoms with Crippen LogP contribution in [0.1, 0.15) is 11.1 Å². The number of rotatable bonds is 2. The Morgan fingerprint density at radius 3 is 3.17 bits per heavy atom. The molecule has 0 fully saturated rings. The highest BCUT2D eigenvalue weighted by molar-refractivity contribution is 6.17. The van der Waals surface area contributed by atoms with Gasteiger partial charge in [0.25, 0.3) is 0 Å². The third-order valence-electron chi connectivity index (χ3n) is 1.94. The molecule has 1 radical (unpaired) electrons. The molecule has 0 aromatic heterocycles. The first-order valence-corrected chi connectivity index (χ1v) is 3.82. The molecule has 2 nitrogen and oxygen atoms in total. The van der Waals surface area contributed by atoms with Crippen LogP contribution in [0, 0.1) is 0 Å². The van der Waals surface area contributed by atoms with Crippen molar-refractivity contribution in [2.45, 2.75) is 6.42 Å². The monoisotopic (exact) mass is 159 g/mol. The van der Waals surface area contributed by atoms with Gasteiger partial charge in [-0.1, -0.05) is 18.2 Å². The van der Waals surface area contributed by atoms with E-state index in [1.165, 1.54) is 11.1 Å². The fourth-order valence-electron chi connectivity index (χ4n) is 1.36. The van der Waals surface area contributed by atoms with Crippen molar-refractivity contribution in [3.63, 3.8) is 0 Å². The molecule has 12 heavy (non-hydrogen) atoms. The average Bonchev–Trinajstić information content (AvgIpc) is 2.51. The first-order chi connectivity index (χ1) is 5.90. The fourth-order valence-corrected chi connectivity index (χ4v) is 1.36. The Bertz CT molecular complexity index is 320. The van der Waals surface area contributed by atoms with Gasteiger partial charge in [-0.15, -0.1) is 0 Å². The van der Waals surface area contributed by atoms with Crippen LogP contribution < -0.4 is 4.65 Å². The van der Waals surface area contributed by atoms with Gasteiger partial charge in [0.05, 0.1) is 0 Å². The molecule has 1 aromatic carbocycles. The van der Waals surface area contributed by atoms with Crippen LogP contribution in [-0.2, 0) is 6.42 Å². The van der Waals surface area contributed by atoms with Crippen LogP contribution in [0.3, 0.4) is 0 Å². The Morgan fingerprint density at radius 1 is 1.42 bits per heavy atom. The topological polar surface area (TPSA) is 29.5 Å². The molecule has 3 heteroatoms. The van der Waals surface area contributed by atoms with Crippen LogP contribution in [-0.4, -0.2) is 12.7 Å². The lowest BCUT2D eigenvalue weighted by Crippen LogP contribution is -1.99. The van der Waals surface area contributed by atoms with Crippen molar-refractivity contribution >= 4 is 13.8 Å². The number of allylic oxidation sites excluding steroid dienone is 1. The summed E-state index contributed by atoms with van der Waals surface area (Å²) in [5.74, 6) is 0.669. The molecule has 0 amide bonds. The minimum atomic E-state index is 0.669. The molecule has 0 saturated heterocycles. The smallest absolute Gasteiger partial charge is 0.537 e. The predicted molar refractivity (Wildman–Crippen MR) is 47.8 cm³/mol. The van der Waals surface area contributed by atoms with Crippen LogP contribution in [0.25, 0.3) is 6.08 Å². The van der Waals surface area contributed by atoms with E-state index in [0.29, 0.717) is 13.4 Å². The van der Waals surface area contributed by atoms with Gasteiger partial charge in [0.2, 0.25) is 0 Å². The summed E-state index contributed by atoms with van der Waals surface area (Å²) in [6, 6.07) is 5.76. The van der Waals surface area contributed by atoms with Crippen LogP contribution >= 0.6 is 0 Å². The Hall–Kier alpha value is -1.22. The van der Waals surface area contributed by atoms with Crippen molar-refractivity contribution in [1.29, 1.82) is 0 Å². The zero-order chi connectivity index (χ0) is 8.39. The van der Waals surface area contributed by atoms with E-state index in [1.54, 1.807) is 0 Å². The normalized spacial score (nSPS) is 12.8. The third kappa shape index (κ3) is 1.23. The Balaban J connectivity index is 2.31. The summed E-state index contributed by atoms with van der Waals surface area (Å²) in [5, 5.41) is 8.40.